The maximum Gasteiger partial charge on any atom is 0.261 e. The van der Waals surface area contributed by atoms with Crippen LogP contribution in [0.5, 0.6) is 5.75 Å². The monoisotopic (exact) mass is 416 g/mol. The van der Waals surface area contributed by atoms with Crippen molar-refractivity contribution in [3.8, 4) is 5.75 Å². The van der Waals surface area contributed by atoms with E-state index in [1.807, 2.05) is 51.1 Å². The van der Waals surface area contributed by atoms with Crippen LogP contribution in [0.25, 0.3) is 0 Å². The SMILES string of the molecule is CCCNC(=O)C(C)N(Cc1ccc(Cl)cc1)C(=O)COc1cccc(C)c1C. The second kappa shape index (κ2) is 10.9. The summed E-state index contributed by atoms with van der Waals surface area (Å²) in [4.78, 5) is 27.0. The molecule has 2 aromatic carbocycles. The molecule has 0 aliphatic heterocycles. The van der Waals surface area contributed by atoms with Crippen molar-refractivity contribution in [1.82, 2.24) is 10.2 Å². The molecule has 0 fully saturated rings. The Balaban J connectivity index is 2.15. The summed E-state index contributed by atoms with van der Waals surface area (Å²) < 4.78 is 5.78. The summed E-state index contributed by atoms with van der Waals surface area (Å²) in [6, 6.07) is 12.4. The lowest BCUT2D eigenvalue weighted by Crippen LogP contribution is -2.49. The maximum atomic E-state index is 13.0. The third-order valence-corrected chi connectivity index (χ3v) is 5.14. The van der Waals surface area contributed by atoms with E-state index in [1.165, 1.54) is 0 Å². The van der Waals surface area contributed by atoms with Crippen LogP contribution in [0.4, 0.5) is 0 Å². The number of hydrogen-bond donors (Lipinski definition) is 1. The fourth-order valence-corrected chi connectivity index (χ4v) is 2.99. The number of aryl methyl sites for hydroxylation is 1. The van der Waals surface area contributed by atoms with Crippen LogP contribution in [0, 0.1) is 13.8 Å². The molecule has 1 N–H and O–H groups in total. The number of benzene rings is 2. The van der Waals surface area contributed by atoms with E-state index < -0.39 is 6.04 Å². The molecule has 29 heavy (non-hydrogen) atoms. The zero-order valence-corrected chi connectivity index (χ0v) is 18.3. The van der Waals surface area contributed by atoms with Gasteiger partial charge in [0.1, 0.15) is 11.8 Å². The van der Waals surface area contributed by atoms with Gasteiger partial charge in [-0.3, -0.25) is 9.59 Å². The predicted molar refractivity (Wildman–Crippen MR) is 116 cm³/mol. The second-order valence-electron chi connectivity index (χ2n) is 7.10. The molecule has 156 valence electrons. The van der Waals surface area contributed by atoms with Crippen molar-refractivity contribution >= 4 is 23.4 Å². The van der Waals surface area contributed by atoms with Gasteiger partial charge in [-0.25, -0.2) is 0 Å². The van der Waals surface area contributed by atoms with E-state index in [0.29, 0.717) is 23.9 Å². The smallest absolute Gasteiger partial charge is 0.261 e. The molecule has 5 nitrogen and oxygen atoms in total. The number of amides is 2. The maximum absolute atomic E-state index is 13.0. The summed E-state index contributed by atoms with van der Waals surface area (Å²) in [7, 11) is 0. The van der Waals surface area contributed by atoms with E-state index in [-0.39, 0.29) is 18.4 Å². The molecule has 0 spiro atoms. The van der Waals surface area contributed by atoms with Crippen LogP contribution in [0.2, 0.25) is 5.02 Å². The van der Waals surface area contributed by atoms with Gasteiger partial charge in [-0.15, -0.1) is 0 Å². The fraction of sp³-hybridized carbons (Fsp3) is 0.391. The molecule has 2 rings (SSSR count). The number of ether oxygens (including phenoxy) is 1. The van der Waals surface area contributed by atoms with Gasteiger partial charge in [-0.1, -0.05) is 42.8 Å². The molecule has 0 aliphatic rings. The minimum absolute atomic E-state index is 0.136. The Bertz CT molecular complexity index is 837. The Morgan fingerprint density at radius 2 is 1.83 bits per heavy atom. The number of nitrogens with zero attached hydrogens (tertiary/aromatic N) is 1. The molecule has 0 saturated heterocycles. The lowest BCUT2D eigenvalue weighted by atomic mass is 10.1. The zero-order valence-electron chi connectivity index (χ0n) is 17.5. The zero-order chi connectivity index (χ0) is 21.4. The lowest BCUT2D eigenvalue weighted by Gasteiger charge is -2.29. The van der Waals surface area contributed by atoms with Crippen LogP contribution < -0.4 is 10.1 Å². The van der Waals surface area contributed by atoms with Crippen LogP contribution in [-0.2, 0) is 16.1 Å². The van der Waals surface area contributed by atoms with Gasteiger partial charge in [0.15, 0.2) is 6.61 Å². The average Bonchev–Trinajstić information content (AvgIpc) is 2.71. The number of nitrogens with one attached hydrogen (secondary N) is 1. The van der Waals surface area contributed by atoms with Crippen molar-refractivity contribution in [1.29, 1.82) is 0 Å². The van der Waals surface area contributed by atoms with Crippen molar-refractivity contribution in [2.75, 3.05) is 13.2 Å². The summed E-state index contributed by atoms with van der Waals surface area (Å²) in [6.07, 6.45) is 0.833. The Kier molecular flexibility index (Phi) is 8.52. The van der Waals surface area contributed by atoms with E-state index in [4.69, 9.17) is 16.3 Å². The minimum Gasteiger partial charge on any atom is -0.483 e. The van der Waals surface area contributed by atoms with Gasteiger partial charge in [0.05, 0.1) is 0 Å². The normalized spacial score (nSPS) is 11.6. The predicted octanol–water partition coefficient (Wildman–Crippen LogP) is 4.28. The van der Waals surface area contributed by atoms with Crippen LogP contribution in [-0.4, -0.2) is 35.9 Å². The number of rotatable bonds is 9. The average molecular weight is 417 g/mol. The first-order valence-corrected chi connectivity index (χ1v) is 10.2. The molecule has 0 aliphatic carbocycles. The molecule has 1 unspecified atom stereocenters. The van der Waals surface area contributed by atoms with Crippen LogP contribution >= 0.6 is 11.6 Å². The lowest BCUT2D eigenvalue weighted by molar-refractivity contribution is -0.142. The van der Waals surface area contributed by atoms with Crippen molar-refractivity contribution in [3.63, 3.8) is 0 Å². The van der Waals surface area contributed by atoms with E-state index in [2.05, 4.69) is 5.32 Å². The van der Waals surface area contributed by atoms with E-state index >= 15 is 0 Å². The van der Waals surface area contributed by atoms with Crippen molar-refractivity contribution in [2.24, 2.45) is 0 Å². The van der Waals surface area contributed by atoms with E-state index in [0.717, 1.165) is 23.1 Å². The highest BCUT2D eigenvalue weighted by atomic mass is 35.5. The first-order valence-electron chi connectivity index (χ1n) is 9.84. The molecule has 0 saturated carbocycles. The topological polar surface area (TPSA) is 58.6 Å². The summed E-state index contributed by atoms with van der Waals surface area (Å²) >= 11 is 5.96. The van der Waals surface area contributed by atoms with Gasteiger partial charge in [0.2, 0.25) is 5.91 Å². The molecule has 0 bridgehead atoms. The van der Waals surface area contributed by atoms with Crippen molar-refractivity contribution in [3.05, 3.63) is 64.2 Å². The molecular formula is C23H29ClN2O3. The van der Waals surface area contributed by atoms with Gasteiger partial charge in [0, 0.05) is 18.1 Å². The first kappa shape index (κ1) is 22.8. The summed E-state index contributed by atoms with van der Waals surface area (Å²) in [5, 5.41) is 3.48. The third kappa shape index (κ3) is 6.50. The minimum atomic E-state index is -0.619. The second-order valence-corrected chi connectivity index (χ2v) is 7.54. The van der Waals surface area contributed by atoms with Crippen LogP contribution in [0.3, 0.4) is 0 Å². The number of carbonyl (C=O) groups excluding carboxylic acids is 2. The van der Waals surface area contributed by atoms with E-state index in [9.17, 15) is 9.59 Å². The molecule has 2 aromatic rings. The van der Waals surface area contributed by atoms with Gasteiger partial charge >= 0.3 is 0 Å². The third-order valence-electron chi connectivity index (χ3n) is 4.89. The number of halogens is 1. The summed E-state index contributed by atoms with van der Waals surface area (Å²) in [6.45, 7) is 8.41. The van der Waals surface area contributed by atoms with Gasteiger partial charge < -0.3 is 15.0 Å². The number of hydrogen-bond acceptors (Lipinski definition) is 3. The first-order chi connectivity index (χ1) is 13.8. The number of carbonyl (C=O) groups is 2. The highest BCUT2D eigenvalue weighted by Gasteiger charge is 2.26. The standard InChI is InChI=1S/C23H29ClN2O3/c1-5-13-25-23(28)18(4)26(14-19-9-11-20(24)12-10-19)22(27)15-29-21-8-6-7-16(2)17(21)3/h6-12,18H,5,13-15H2,1-4H3,(H,25,28). The van der Waals surface area contributed by atoms with Crippen molar-refractivity contribution in [2.45, 2.75) is 46.7 Å². The van der Waals surface area contributed by atoms with Gasteiger partial charge in [0.25, 0.3) is 5.91 Å². The Morgan fingerprint density at radius 3 is 2.48 bits per heavy atom. The van der Waals surface area contributed by atoms with Crippen molar-refractivity contribution < 1.29 is 14.3 Å². The largest absolute Gasteiger partial charge is 0.483 e. The quantitative estimate of drug-likeness (QED) is 0.663. The Labute approximate surface area is 178 Å². The highest BCUT2D eigenvalue weighted by molar-refractivity contribution is 6.30. The molecule has 0 radical (unpaired) electrons. The molecule has 0 heterocycles. The fourth-order valence-electron chi connectivity index (χ4n) is 2.87. The summed E-state index contributed by atoms with van der Waals surface area (Å²) in [5.41, 5.74) is 2.99. The molecule has 6 heteroatoms. The van der Waals surface area contributed by atoms with Crippen LogP contribution in [0.1, 0.15) is 37.0 Å². The van der Waals surface area contributed by atoms with Gasteiger partial charge in [-0.2, -0.15) is 0 Å². The molecule has 2 amide bonds. The molecule has 0 aromatic heterocycles. The summed E-state index contributed by atoms with van der Waals surface area (Å²) in [5.74, 6) is 0.244. The Hall–Kier alpha value is -2.53. The molecular weight excluding hydrogens is 388 g/mol. The van der Waals surface area contributed by atoms with Gasteiger partial charge in [-0.05, 0) is 62.1 Å². The van der Waals surface area contributed by atoms with Crippen LogP contribution in [0.15, 0.2) is 42.5 Å². The van der Waals surface area contributed by atoms with E-state index in [1.54, 1.807) is 24.0 Å². The highest BCUT2D eigenvalue weighted by Crippen LogP contribution is 2.21. The Morgan fingerprint density at radius 1 is 1.14 bits per heavy atom. The molecule has 1 atom stereocenters.